The Bertz CT molecular complexity index is 780. The molecule has 1 atom stereocenters. The third-order valence-corrected chi connectivity index (χ3v) is 4.41. The highest BCUT2D eigenvalue weighted by Gasteiger charge is 2.37. The van der Waals surface area contributed by atoms with Crippen LogP contribution in [-0.2, 0) is 20.7 Å². The first-order valence-electron chi connectivity index (χ1n) is 8.26. The number of benzene rings is 1. The van der Waals surface area contributed by atoms with Gasteiger partial charge in [0.1, 0.15) is 11.9 Å². The van der Waals surface area contributed by atoms with Crippen molar-refractivity contribution in [1.29, 1.82) is 0 Å². The number of nitrogens with zero attached hydrogens (tertiary/aromatic N) is 1. The summed E-state index contributed by atoms with van der Waals surface area (Å²) in [6.45, 7) is 4.07. The van der Waals surface area contributed by atoms with Crippen LogP contribution in [0.3, 0.4) is 0 Å². The van der Waals surface area contributed by atoms with Gasteiger partial charge in [-0.3, -0.25) is 9.69 Å². The molecule has 0 bridgehead atoms. The first-order valence-corrected chi connectivity index (χ1v) is 8.26. The van der Waals surface area contributed by atoms with E-state index in [-0.39, 0.29) is 37.0 Å². The van der Waals surface area contributed by atoms with Gasteiger partial charge in [0.05, 0.1) is 38.0 Å². The van der Waals surface area contributed by atoms with E-state index < -0.39 is 24.1 Å². The number of carbonyl (C=O) groups is 3. The average Bonchev–Trinajstić information content (AvgIpc) is 3.14. The summed E-state index contributed by atoms with van der Waals surface area (Å²) < 4.78 is 24.2. The Morgan fingerprint density at radius 1 is 1.50 bits per heavy atom. The Balaban J connectivity index is 1.91. The second-order valence-electron chi connectivity index (χ2n) is 6.51. The summed E-state index contributed by atoms with van der Waals surface area (Å²) >= 11 is 0. The number of methoxy groups -OCH3 is 1. The molecule has 1 aromatic rings. The number of rotatable bonds is 4. The summed E-state index contributed by atoms with van der Waals surface area (Å²) in [7, 11) is 1.24. The zero-order valence-corrected chi connectivity index (χ0v) is 14.7. The number of ether oxygens (including phenoxy) is 2. The minimum atomic E-state index is -0.629. The summed E-state index contributed by atoms with van der Waals surface area (Å²) in [6, 6.07) is 1.25. The molecule has 0 aliphatic carbocycles. The van der Waals surface area contributed by atoms with Crippen molar-refractivity contribution in [3.05, 3.63) is 23.0 Å². The molecule has 1 saturated heterocycles. The van der Waals surface area contributed by atoms with Gasteiger partial charge in [-0.1, -0.05) is 13.8 Å². The van der Waals surface area contributed by atoms with Gasteiger partial charge in [-0.05, 0) is 17.0 Å². The number of carbonyl (C=O) groups excluding carboxylic acids is 3. The summed E-state index contributed by atoms with van der Waals surface area (Å²) in [4.78, 5) is 36.5. The van der Waals surface area contributed by atoms with Crippen molar-refractivity contribution in [2.24, 2.45) is 0 Å². The first kappa shape index (κ1) is 18.0. The molecular weight excluding hydrogens is 345 g/mol. The van der Waals surface area contributed by atoms with Crippen molar-refractivity contribution >= 4 is 29.5 Å². The molecule has 26 heavy (non-hydrogen) atoms. The highest BCUT2D eigenvalue weighted by Crippen LogP contribution is 2.41. The normalized spacial score (nSPS) is 18.7. The Morgan fingerprint density at radius 3 is 2.88 bits per heavy atom. The molecule has 2 heterocycles. The van der Waals surface area contributed by atoms with Crippen LogP contribution in [0, 0.1) is 5.82 Å². The van der Waals surface area contributed by atoms with Gasteiger partial charge in [0.15, 0.2) is 0 Å². The Hall–Kier alpha value is -2.84. The first-order chi connectivity index (χ1) is 12.3. The lowest BCUT2D eigenvalue weighted by molar-refractivity contribution is -0.115. The molecule has 1 fully saturated rings. The number of hydrogen-bond acceptors (Lipinski definition) is 5. The lowest BCUT2D eigenvalue weighted by Crippen LogP contribution is -2.34. The van der Waals surface area contributed by atoms with E-state index in [0.29, 0.717) is 11.3 Å². The maximum atomic E-state index is 14.5. The summed E-state index contributed by atoms with van der Waals surface area (Å²) in [5.41, 5.74) is 1.87. The monoisotopic (exact) mass is 365 g/mol. The molecule has 1 unspecified atom stereocenters. The zero-order chi connectivity index (χ0) is 19.0. The standard InChI is InChI=1S/C17H20FN3O5/c1-8(2)14-10-4-13(22)20-15(10)11(18)5-12(14)21-7-9(26-17(21)24)6-19-16(23)25-3/h5,8-9H,4,6-7H2,1-3H3,(H,19,23)(H,20,22). The summed E-state index contributed by atoms with van der Waals surface area (Å²) in [5.74, 6) is -0.900. The molecule has 9 heteroatoms. The fourth-order valence-electron chi connectivity index (χ4n) is 3.33. The van der Waals surface area contributed by atoms with Crippen LogP contribution in [0.2, 0.25) is 0 Å². The zero-order valence-electron chi connectivity index (χ0n) is 14.7. The maximum absolute atomic E-state index is 14.5. The van der Waals surface area contributed by atoms with E-state index in [2.05, 4.69) is 15.4 Å². The molecule has 3 rings (SSSR count). The van der Waals surface area contributed by atoms with Crippen LogP contribution in [-0.4, -0.2) is 44.4 Å². The van der Waals surface area contributed by atoms with Crippen LogP contribution in [0.4, 0.5) is 25.4 Å². The molecule has 140 valence electrons. The van der Waals surface area contributed by atoms with E-state index in [1.54, 1.807) is 0 Å². The Labute approximate surface area is 149 Å². The predicted octanol–water partition coefficient (Wildman–Crippen LogP) is 2.12. The Morgan fingerprint density at radius 2 is 2.23 bits per heavy atom. The molecule has 0 radical (unpaired) electrons. The third kappa shape index (κ3) is 3.16. The highest BCUT2D eigenvalue weighted by atomic mass is 19.1. The lowest BCUT2D eigenvalue weighted by atomic mass is 9.92. The molecule has 2 aliphatic rings. The number of fused-ring (bicyclic) bond motifs is 1. The van der Waals surface area contributed by atoms with E-state index in [0.717, 1.165) is 5.56 Å². The van der Waals surface area contributed by atoms with Crippen molar-refractivity contribution in [3.63, 3.8) is 0 Å². The van der Waals surface area contributed by atoms with Crippen LogP contribution in [0.5, 0.6) is 0 Å². The Kier molecular flexibility index (Phi) is 4.71. The average molecular weight is 365 g/mol. The van der Waals surface area contributed by atoms with Crippen molar-refractivity contribution in [2.45, 2.75) is 32.3 Å². The SMILES string of the molecule is COC(=O)NCC1CN(c2cc(F)c3c(c2C(C)C)CC(=O)N3)C(=O)O1. The van der Waals surface area contributed by atoms with Crippen LogP contribution in [0.15, 0.2) is 6.07 Å². The van der Waals surface area contributed by atoms with Gasteiger partial charge in [-0.25, -0.2) is 14.0 Å². The number of anilines is 2. The van der Waals surface area contributed by atoms with Crippen molar-refractivity contribution in [1.82, 2.24) is 5.32 Å². The van der Waals surface area contributed by atoms with Crippen molar-refractivity contribution in [3.8, 4) is 0 Å². The van der Waals surface area contributed by atoms with Crippen LogP contribution in [0.25, 0.3) is 0 Å². The molecule has 1 aromatic carbocycles. The van der Waals surface area contributed by atoms with E-state index in [1.807, 2.05) is 13.8 Å². The van der Waals surface area contributed by atoms with Crippen LogP contribution >= 0.6 is 0 Å². The molecule has 0 aromatic heterocycles. The van der Waals surface area contributed by atoms with Gasteiger partial charge in [0.25, 0.3) is 0 Å². The second-order valence-corrected chi connectivity index (χ2v) is 6.51. The maximum Gasteiger partial charge on any atom is 0.414 e. The van der Waals surface area contributed by atoms with Gasteiger partial charge in [0.2, 0.25) is 5.91 Å². The van der Waals surface area contributed by atoms with Gasteiger partial charge in [0, 0.05) is 6.07 Å². The van der Waals surface area contributed by atoms with E-state index in [1.165, 1.54) is 18.1 Å². The van der Waals surface area contributed by atoms with Crippen molar-refractivity contribution in [2.75, 3.05) is 30.4 Å². The second kappa shape index (κ2) is 6.81. The van der Waals surface area contributed by atoms with E-state index in [9.17, 15) is 18.8 Å². The van der Waals surface area contributed by atoms with Crippen LogP contribution < -0.4 is 15.5 Å². The fourth-order valence-corrected chi connectivity index (χ4v) is 3.33. The quantitative estimate of drug-likeness (QED) is 0.852. The van der Waals surface area contributed by atoms with E-state index in [4.69, 9.17) is 4.74 Å². The predicted molar refractivity (Wildman–Crippen MR) is 90.8 cm³/mol. The molecule has 3 amide bonds. The molecule has 2 N–H and O–H groups in total. The molecule has 0 saturated carbocycles. The van der Waals surface area contributed by atoms with Crippen molar-refractivity contribution < 1.29 is 28.2 Å². The largest absolute Gasteiger partial charge is 0.453 e. The topological polar surface area (TPSA) is 97.0 Å². The van der Waals surface area contributed by atoms with Gasteiger partial charge < -0.3 is 20.1 Å². The van der Waals surface area contributed by atoms with E-state index >= 15 is 0 Å². The number of amides is 3. The minimum absolute atomic E-state index is 0.0351. The fraction of sp³-hybridized carbons (Fsp3) is 0.471. The highest BCUT2D eigenvalue weighted by molar-refractivity contribution is 6.02. The number of nitrogens with one attached hydrogen (secondary N) is 2. The van der Waals surface area contributed by atoms with Gasteiger partial charge >= 0.3 is 12.2 Å². The molecular formula is C17H20FN3O5. The molecule has 2 aliphatic heterocycles. The summed E-state index contributed by atoms with van der Waals surface area (Å²) in [5, 5.41) is 5.00. The minimum Gasteiger partial charge on any atom is -0.453 e. The number of hydrogen-bond donors (Lipinski definition) is 2. The third-order valence-electron chi connectivity index (χ3n) is 4.41. The molecule has 0 spiro atoms. The van der Waals surface area contributed by atoms with Crippen LogP contribution in [0.1, 0.15) is 30.9 Å². The number of halogens is 1. The smallest absolute Gasteiger partial charge is 0.414 e. The number of cyclic esters (lactones) is 1. The summed E-state index contributed by atoms with van der Waals surface area (Å²) in [6.07, 6.45) is -1.77. The molecule has 8 nitrogen and oxygen atoms in total. The van der Waals surface area contributed by atoms with Gasteiger partial charge in [-0.2, -0.15) is 0 Å². The van der Waals surface area contributed by atoms with Gasteiger partial charge in [-0.15, -0.1) is 0 Å². The lowest BCUT2D eigenvalue weighted by Gasteiger charge is -2.23. The number of alkyl carbamates (subject to hydrolysis) is 1.